The van der Waals surface area contributed by atoms with Crippen molar-refractivity contribution in [2.75, 3.05) is 37.5 Å². The standard InChI is InChI=1S/C16H24N2O4/c1-4-12-10-18(11(2)16(19)21-9-8-20-3)15-13(17)6-5-7-14(15)22-12/h5-7,11-12H,4,8-10,17H2,1-3H3. The minimum atomic E-state index is -0.432. The van der Waals surface area contributed by atoms with E-state index in [1.165, 1.54) is 0 Å². The van der Waals surface area contributed by atoms with E-state index in [1.807, 2.05) is 30.0 Å². The molecule has 2 rings (SSSR count). The first-order chi connectivity index (χ1) is 10.6. The number of carbonyl (C=O) groups excluding carboxylic acids is 1. The number of carbonyl (C=O) groups is 1. The molecule has 0 aliphatic carbocycles. The van der Waals surface area contributed by atoms with Crippen molar-refractivity contribution in [1.82, 2.24) is 0 Å². The molecular formula is C16H24N2O4. The van der Waals surface area contributed by atoms with Crippen LogP contribution in [0.15, 0.2) is 18.2 Å². The molecule has 6 nitrogen and oxygen atoms in total. The highest BCUT2D eigenvalue weighted by Crippen LogP contribution is 2.39. The Bertz CT molecular complexity index is 521. The summed E-state index contributed by atoms with van der Waals surface area (Å²) < 4.78 is 16.1. The number of hydrogen-bond acceptors (Lipinski definition) is 6. The van der Waals surface area contributed by atoms with Crippen molar-refractivity contribution in [2.24, 2.45) is 0 Å². The monoisotopic (exact) mass is 308 g/mol. The van der Waals surface area contributed by atoms with Gasteiger partial charge in [0.05, 0.1) is 18.8 Å². The lowest BCUT2D eigenvalue weighted by Crippen LogP contribution is -2.48. The van der Waals surface area contributed by atoms with E-state index in [-0.39, 0.29) is 18.7 Å². The summed E-state index contributed by atoms with van der Waals surface area (Å²) in [5.41, 5.74) is 7.45. The Kier molecular flexibility index (Phi) is 5.49. The van der Waals surface area contributed by atoms with Gasteiger partial charge in [-0.05, 0) is 25.5 Å². The lowest BCUT2D eigenvalue weighted by molar-refractivity contribution is -0.146. The minimum Gasteiger partial charge on any atom is -0.486 e. The van der Waals surface area contributed by atoms with Gasteiger partial charge in [0.1, 0.15) is 30.2 Å². The second-order valence-electron chi connectivity index (χ2n) is 5.33. The number of nitrogens with zero attached hydrogens (tertiary/aromatic N) is 1. The molecule has 0 spiro atoms. The molecule has 2 atom stereocenters. The molecule has 6 heteroatoms. The fourth-order valence-corrected chi connectivity index (χ4v) is 2.51. The van der Waals surface area contributed by atoms with E-state index < -0.39 is 6.04 Å². The van der Waals surface area contributed by atoms with Gasteiger partial charge in [0.15, 0.2) is 0 Å². The predicted octanol–water partition coefficient (Wildman–Crippen LogP) is 1.82. The van der Waals surface area contributed by atoms with Crippen LogP contribution >= 0.6 is 0 Å². The van der Waals surface area contributed by atoms with Gasteiger partial charge in [0.25, 0.3) is 0 Å². The number of nitrogens with two attached hydrogens (primary N) is 1. The van der Waals surface area contributed by atoms with Crippen molar-refractivity contribution in [3.8, 4) is 5.75 Å². The summed E-state index contributed by atoms with van der Waals surface area (Å²) in [6, 6.07) is 5.11. The third-order valence-electron chi connectivity index (χ3n) is 3.81. The van der Waals surface area contributed by atoms with Crippen LogP contribution in [-0.4, -0.2) is 45.0 Å². The first-order valence-electron chi connectivity index (χ1n) is 7.55. The molecule has 0 bridgehead atoms. The maximum Gasteiger partial charge on any atom is 0.328 e. The molecule has 1 aliphatic rings. The molecule has 122 valence electrons. The summed E-state index contributed by atoms with van der Waals surface area (Å²) in [7, 11) is 1.57. The molecule has 1 aromatic carbocycles. The fraction of sp³-hybridized carbons (Fsp3) is 0.562. The maximum atomic E-state index is 12.2. The number of fused-ring (bicyclic) bond motifs is 1. The van der Waals surface area contributed by atoms with E-state index in [0.29, 0.717) is 18.8 Å². The number of hydrogen-bond donors (Lipinski definition) is 1. The molecular weight excluding hydrogens is 284 g/mol. The van der Waals surface area contributed by atoms with Crippen molar-refractivity contribution in [2.45, 2.75) is 32.4 Å². The second kappa shape index (κ2) is 7.35. The molecule has 0 amide bonds. The molecule has 0 saturated carbocycles. The van der Waals surface area contributed by atoms with Gasteiger partial charge in [-0.3, -0.25) is 0 Å². The molecule has 0 saturated heterocycles. The first-order valence-corrected chi connectivity index (χ1v) is 7.55. The first kappa shape index (κ1) is 16.4. The Hall–Kier alpha value is -1.95. The van der Waals surface area contributed by atoms with E-state index in [4.69, 9.17) is 19.9 Å². The van der Waals surface area contributed by atoms with Crippen molar-refractivity contribution in [1.29, 1.82) is 0 Å². The van der Waals surface area contributed by atoms with Crippen LogP contribution < -0.4 is 15.4 Å². The molecule has 0 aromatic heterocycles. The number of anilines is 2. The van der Waals surface area contributed by atoms with Gasteiger partial charge in [-0.2, -0.15) is 0 Å². The summed E-state index contributed by atoms with van der Waals surface area (Å²) >= 11 is 0. The molecule has 1 aliphatic heterocycles. The summed E-state index contributed by atoms with van der Waals surface area (Å²) in [6.07, 6.45) is 0.888. The number of methoxy groups -OCH3 is 1. The van der Waals surface area contributed by atoms with Gasteiger partial charge >= 0.3 is 5.97 Å². The third-order valence-corrected chi connectivity index (χ3v) is 3.81. The van der Waals surface area contributed by atoms with E-state index in [9.17, 15) is 4.79 Å². The molecule has 0 radical (unpaired) electrons. The third kappa shape index (κ3) is 3.44. The zero-order valence-corrected chi connectivity index (χ0v) is 13.4. The van der Waals surface area contributed by atoms with Crippen LogP contribution in [0.5, 0.6) is 5.75 Å². The van der Waals surface area contributed by atoms with Gasteiger partial charge in [-0.25, -0.2) is 4.79 Å². The van der Waals surface area contributed by atoms with Gasteiger partial charge in [-0.15, -0.1) is 0 Å². The number of benzene rings is 1. The quantitative estimate of drug-likeness (QED) is 0.491. The average molecular weight is 308 g/mol. The van der Waals surface area contributed by atoms with Crippen molar-refractivity contribution < 1.29 is 19.0 Å². The number of ether oxygens (including phenoxy) is 3. The normalized spacial score (nSPS) is 18.3. The largest absolute Gasteiger partial charge is 0.486 e. The van der Waals surface area contributed by atoms with Crippen LogP contribution in [0.4, 0.5) is 11.4 Å². The van der Waals surface area contributed by atoms with E-state index in [2.05, 4.69) is 6.92 Å². The van der Waals surface area contributed by atoms with Gasteiger partial charge < -0.3 is 24.8 Å². The van der Waals surface area contributed by atoms with Gasteiger partial charge in [0.2, 0.25) is 0 Å². The Labute approximate surface area is 131 Å². The minimum absolute atomic E-state index is 0.0310. The van der Waals surface area contributed by atoms with Gasteiger partial charge in [0, 0.05) is 7.11 Å². The zero-order chi connectivity index (χ0) is 16.1. The van der Waals surface area contributed by atoms with Crippen LogP contribution in [0.2, 0.25) is 0 Å². The number of nitrogen functional groups attached to an aromatic ring is 1. The maximum absolute atomic E-state index is 12.2. The Morgan fingerprint density at radius 1 is 1.50 bits per heavy atom. The highest BCUT2D eigenvalue weighted by atomic mass is 16.6. The Morgan fingerprint density at radius 2 is 2.27 bits per heavy atom. The lowest BCUT2D eigenvalue weighted by atomic mass is 10.1. The molecule has 0 fully saturated rings. The zero-order valence-electron chi connectivity index (χ0n) is 13.4. The fourth-order valence-electron chi connectivity index (χ4n) is 2.51. The van der Waals surface area contributed by atoms with Crippen molar-refractivity contribution in [3.05, 3.63) is 18.2 Å². The van der Waals surface area contributed by atoms with Crippen LogP contribution in [0, 0.1) is 0 Å². The van der Waals surface area contributed by atoms with E-state index >= 15 is 0 Å². The second-order valence-corrected chi connectivity index (χ2v) is 5.33. The van der Waals surface area contributed by atoms with Crippen molar-refractivity contribution >= 4 is 17.3 Å². The number of rotatable bonds is 6. The molecule has 2 N–H and O–H groups in total. The highest BCUT2D eigenvalue weighted by molar-refractivity contribution is 5.85. The van der Waals surface area contributed by atoms with Crippen LogP contribution in [0.1, 0.15) is 20.3 Å². The number of para-hydroxylation sites is 1. The van der Waals surface area contributed by atoms with Gasteiger partial charge in [-0.1, -0.05) is 13.0 Å². The summed E-state index contributed by atoms with van der Waals surface area (Å²) in [5, 5.41) is 0. The highest BCUT2D eigenvalue weighted by Gasteiger charge is 2.33. The van der Waals surface area contributed by atoms with E-state index in [0.717, 1.165) is 17.9 Å². The van der Waals surface area contributed by atoms with E-state index in [1.54, 1.807) is 7.11 Å². The topological polar surface area (TPSA) is 74.0 Å². The predicted molar refractivity (Wildman–Crippen MR) is 85.2 cm³/mol. The van der Waals surface area contributed by atoms with Crippen LogP contribution in [-0.2, 0) is 14.3 Å². The molecule has 22 heavy (non-hydrogen) atoms. The smallest absolute Gasteiger partial charge is 0.328 e. The molecule has 1 aromatic rings. The van der Waals surface area contributed by atoms with Crippen LogP contribution in [0.3, 0.4) is 0 Å². The Morgan fingerprint density at radius 3 is 2.95 bits per heavy atom. The van der Waals surface area contributed by atoms with Crippen LogP contribution in [0.25, 0.3) is 0 Å². The molecule has 2 unspecified atom stereocenters. The lowest BCUT2D eigenvalue weighted by Gasteiger charge is -2.39. The SMILES string of the molecule is CCC1CN(C(C)C(=O)OCCOC)c2c(N)cccc2O1. The Balaban J connectivity index is 2.20. The number of esters is 1. The molecule has 1 heterocycles. The average Bonchev–Trinajstić information content (AvgIpc) is 2.53. The van der Waals surface area contributed by atoms with Crippen molar-refractivity contribution in [3.63, 3.8) is 0 Å². The summed E-state index contributed by atoms with van der Waals surface area (Å²) in [4.78, 5) is 14.2. The summed E-state index contributed by atoms with van der Waals surface area (Å²) in [6.45, 7) is 5.12. The summed E-state index contributed by atoms with van der Waals surface area (Å²) in [5.74, 6) is 0.428.